The third-order valence-corrected chi connectivity index (χ3v) is 7.23. The molecule has 36 heavy (non-hydrogen) atoms. The van der Waals surface area contributed by atoms with E-state index in [-0.39, 0.29) is 28.5 Å². The topological polar surface area (TPSA) is 80.1 Å². The zero-order chi connectivity index (χ0) is 25.1. The van der Waals surface area contributed by atoms with Crippen LogP contribution in [-0.4, -0.2) is 28.6 Å². The van der Waals surface area contributed by atoms with E-state index >= 15 is 0 Å². The number of benzene rings is 2. The van der Waals surface area contributed by atoms with Crippen molar-refractivity contribution < 1.29 is 17.2 Å². The molecular formula is C27H20F2N4O2S. The van der Waals surface area contributed by atoms with E-state index in [0.717, 1.165) is 9.54 Å². The highest BCUT2D eigenvalue weighted by Crippen LogP contribution is 2.28. The Bertz CT molecular complexity index is 1660. The van der Waals surface area contributed by atoms with Crippen molar-refractivity contribution in [3.63, 3.8) is 0 Å². The molecule has 3 heterocycles. The summed E-state index contributed by atoms with van der Waals surface area (Å²) >= 11 is 0. The zero-order valence-electron chi connectivity index (χ0n) is 18.8. The average Bonchev–Trinajstić information content (AvgIpc) is 3.53. The summed E-state index contributed by atoms with van der Waals surface area (Å²) in [4.78, 5) is 11.3. The van der Waals surface area contributed by atoms with Crippen LogP contribution in [0, 0.1) is 11.6 Å². The van der Waals surface area contributed by atoms with E-state index in [1.807, 2.05) is 0 Å². The average molecular weight is 503 g/mol. The molecule has 9 heteroatoms. The van der Waals surface area contributed by atoms with Crippen LogP contribution in [0.2, 0.25) is 0 Å². The van der Waals surface area contributed by atoms with Gasteiger partial charge >= 0.3 is 0 Å². The molecule has 2 aromatic carbocycles. The van der Waals surface area contributed by atoms with Gasteiger partial charge in [0.25, 0.3) is 10.0 Å². The van der Waals surface area contributed by atoms with E-state index in [0.29, 0.717) is 16.8 Å². The van der Waals surface area contributed by atoms with Gasteiger partial charge < -0.3 is 4.98 Å². The van der Waals surface area contributed by atoms with Crippen LogP contribution in [0.4, 0.5) is 8.78 Å². The van der Waals surface area contributed by atoms with Crippen molar-refractivity contribution in [3.05, 3.63) is 120 Å². The van der Waals surface area contributed by atoms with Crippen molar-refractivity contribution in [2.75, 3.05) is 0 Å². The molecule has 180 valence electrons. The van der Waals surface area contributed by atoms with Gasteiger partial charge in [0.2, 0.25) is 0 Å². The SMILES string of the molecule is O=S(=O)(c1cccnc1)n1cc(C=NCc2c[nH]c(-c3ccccc3F)c2)cc1-c1ccccc1F. The van der Waals surface area contributed by atoms with Gasteiger partial charge in [-0.05, 0) is 54.1 Å². The van der Waals surface area contributed by atoms with Gasteiger partial charge in [0.1, 0.15) is 16.5 Å². The van der Waals surface area contributed by atoms with Gasteiger partial charge in [-0.3, -0.25) is 9.98 Å². The molecule has 5 aromatic rings. The van der Waals surface area contributed by atoms with Crippen LogP contribution in [0.15, 0.2) is 107 Å². The van der Waals surface area contributed by atoms with Crippen molar-refractivity contribution in [1.82, 2.24) is 13.9 Å². The standard InChI is InChI=1S/C27H20F2N4O2S/c28-24-9-3-1-7-22(24)26-12-19(16-32-26)14-31-15-20-13-27(23-8-2-4-10-25(23)29)33(18-20)36(34,35)21-6-5-11-30-17-21/h1-13,15-18,32H,14H2. The summed E-state index contributed by atoms with van der Waals surface area (Å²) in [7, 11) is -4.04. The Morgan fingerprint density at radius 1 is 0.944 bits per heavy atom. The Morgan fingerprint density at radius 3 is 2.36 bits per heavy atom. The molecule has 0 aliphatic heterocycles. The number of hydrogen-bond acceptors (Lipinski definition) is 4. The van der Waals surface area contributed by atoms with E-state index in [9.17, 15) is 17.2 Å². The van der Waals surface area contributed by atoms with Gasteiger partial charge in [0.15, 0.2) is 0 Å². The first-order valence-corrected chi connectivity index (χ1v) is 12.4. The van der Waals surface area contributed by atoms with E-state index in [4.69, 9.17) is 0 Å². The minimum absolute atomic E-state index is 0.0188. The third kappa shape index (κ3) is 4.60. The fourth-order valence-electron chi connectivity index (χ4n) is 3.83. The Balaban J connectivity index is 1.46. The number of H-pyrrole nitrogens is 1. The molecule has 3 aromatic heterocycles. The quantitative estimate of drug-likeness (QED) is 0.291. The number of aromatic nitrogens is 3. The lowest BCUT2D eigenvalue weighted by atomic mass is 10.1. The lowest BCUT2D eigenvalue weighted by Gasteiger charge is -2.10. The number of aliphatic imine (C=N–C) groups is 1. The highest BCUT2D eigenvalue weighted by Gasteiger charge is 2.23. The Labute approximate surface area is 206 Å². The van der Waals surface area contributed by atoms with Gasteiger partial charge in [0, 0.05) is 53.4 Å². The minimum Gasteiger partial charge on any atom is -0.361 e. The molecule has 0 amide bonds. The summed E-state index contributed by atoms with van der Waals surface area (Å²) in [5.41, 5.74) is 2.70. The molecule has 0 saturated heterocycles. The molecule has 0 aliphatic carbocycles. The maximum absolute atomic E-state index is 14.6. The first-order chi connectivity index (χ1) is 17.4. The van der Waals surface area contributed by atoms with Crippen LogP contribution in [0.3, 0.4) is 0 Å². The van der Waals surface area contributed by atoms with Gasteiger partial charge in [-0.2, -0.15) is 0 Å². The molecule has 0 radical (unpaired) electrons. The van der Waals surface area contributed by atoms with E-state index < -0.39 is 15.8 Å². The molecule has 0 spiro atoms. The number of rotatable bonds is 7. The summed E-state index contributed by atoms with van der Waals surface area (Å²) in [6.45, 7) is 0.278. The van der Waals surface area contributed by atoms with Crippen LogP contribution in [0.5, 0.6) is 0 Å². The monoisotopic (exact) mass is 502 g/mol. The van der Waals surface area contributed by atoms with Crippen LogP contribution in [-0.2, 0) is 16.6 Å². The molecule has 5 rings (SSSR count). The molecule has 6 nitrogen and oxygen atoms in total. The number of pyridine rings is 1. The molecule has 0 fully saturated rings. The van der Waals surface area contributed by atoms with Crippen molar-refractivity contribution >= 4 is 16.2 Å². The Morgan fingerprint density at radius 2 is 1.67 bits per heavy atom. The van der Waals surface area contributed by atoms with Crippen LogP contribution in [0.25, 0.3) is 22.5 Å². The molecule has 0 saturated carbocycles. The predicted molar refractivity (Wildman–Crippen MR) is 134 cm³/mol. The summed E-state index contributed by atoms with van der Waals surface area (Å²) in [5, 5.41) is 0. The highest BCUT2D eigenvalue weighted by molar-refractivity contribution is 7.90. The normalized spacial score (nSPS) is 11.8. The maximum Gasteiger partial charge on any atom is 0.269 e. The first kappa shape index (κ1) is 23.4. The second-order valence-electron chi connectivity index (χ2n) is 8.00. The molecule has 0 unspecified atom stereocenters. The second-order valence-corrected chi connectivity index (χ2v) is 9.81. The van der Waals surface area contributed by atoms with E-state index in [2.05, 4.69) is 15.0 Å². The molecule has 0 bridgehead atoms. The fourth-order valence-corrected chi connectivity index (χ4v) is 5.18. The van der Waals surface area contributed by atoms with Crippen LogP contribution < -0.4 is 0 Å². The third-order valence-electron chi connectivity index (χ3n) is 5.57. The van der Waals surface area contributed by atoms with Crippen molar-refractivity contribution in [3.8, 4) is 22.5 Å². The highest BCUT2D eigenvalue weighted by atomic mass is 32.2. The van der Waals surface area contributed by atoms with Crippen LogP contribution in [0.1, 0.15) is 11.1 Å². The predicted octanol–water partition coefficient (Wildman–Crippen LogP) is 5.68. The van der Waals surface area contributed by atoms with E-state index in [1.165, 1.54) is 61.2 Å². The van der Waals surface area contributed by atoms with Gasteiger partial charge in [0.05, 0.1) is 12.2 Å². The molecule has 0 atom stereocenters. The largest absolute Gasteiger partial charge is 0.361 e. The summed E-state index contributed by atoms with van der Waals surface area (Å²) in [6, 6.07) is 18.8. The molecule has 0 aliphatic rings. The lowest BCUT2D eigenvalue weighted by Crippen LogP contribution is -2.13. The first-order valence-electron chi connectivity index (χ1n) is 11.0. The lowest BCUT2D eigenvalue weighted by molar-refractivity contribution is 0.587. The fraction of sp³-hybridized carbons (Fsp3) is 0.0370. The zero-order valence-corrected chi connectivity index (χ0v) is 19.7. The van der Waals surface area contributed by atoms with Crippen LogP contribution >= 0.6 is 0 Å². The Kier molecular flexibility index (Phi) is 6.30. The van der Waals surface area contributed by atoms with Crippen molar-refractivity contribution in [2.24, 2.45) is 4.99 Å². The number of halogens is 2. The summed E-state index contributed by atoms with van der Waals surface area (Å²) < 4.78 is 56.4. The van der Waals surface area contributed by atoms with E-state index in [1.54, 1.807) is 42.6 Å². The van der Waals surface area contributed by atoms with Gasteiger partial charge in [-0.15, -0.1) is 0 Å². The van der Waals surface area contributed by atoms with Gasteiger partial charge in [-0.25, -0.2) is 21.2 Å². The van der Waals surface area contributed by atoms with Crippen molar-refractivity contribution in [2.45, 2.75) is 11.4 Å². The molecular weight excluding hydrogens is 482 g/mol. The molecule has 1 N–H and O–H groups in total. The number of nitrogens with one attached hydrogen (secondary N) is 1. The van der Waals surface area contributed by atoms with Gasteiger partial charge in [-0.1, -0.05) is 24.3 Å². The van der Waals surface area contributed by atoms with Crippen molar-refractivity contribution in [1.29, 1.82) is 0 Å². The second kappa shape index (κ2) is 9.71. The Hall–Kier alpha value is -4.37. The maximum atomic E-state index is 14.6. The number of aromatic amines is 1. The number of nitrogens with zero attached hydrogens (tertiary/aromatic N) is 3. The minimum atomic E-state index is -4.04. The smallest absolute Gasteiger partial charge is 0.269 e. The summed E-state index contributed by atoms with van der Waals surface area (Å²) in [5.74, 6) is -0.874. The summed E-state index contributed by atoms with van der Waals surface area (Å²) in [6.07, 6.45) is 7.38. The number of hydrogen-bond donors (Lipinski definition) is 1.